The van der Waals surface area contributed by atoms with E-state index < -0.39 is 17.4 Å². The maximum atomic E-state index is 12.5. The molecule has 0 unspecified atom stereocenters. The number of tetrazole rings is 1. The summed E-state index contributed by atoms with van der Waals surface area (Å²) in [5.74, 6) is -1.40. The van der Waals surface area contributed by atoms with Gasteiger partial charge in [0.2, 0.25) is 0 Å². The Morgan fingerprint density at radius 2 is 1.79 bits per heavy atom. The van der Waals surface area contributed by atoms with E-state index in [-0.39, 0.29) is 16.9 Å². The number of pyridine rings is 1. The minimum Gasteiger partial charge on any atom is -0.384 e. The van der Waals surface area contributed by atoms with Crippen molar-refractivity contribution >= 4 is 17.6 Å². The molecule has 118 valence electrons. The van der Waals surface area contributed by atoms with Crippen molar-refractivity contribution in [2.24, 2.45) is 0 Å². The van der Waals surface area contributed by atoms with E-state index in [0.29, 0.717) is 11.4 Å². The van der Waals surface area contributed by atoms with E-state index >= 15 is 0 Å². The molecule has 0 radical (unpaired) electrons. The first kappa shape index (κ1) is 13.8. The van der Waals surface area contributed by atoms with Crippen LogP contribution in [0, 0.1) is 0 Å². The fourth-order valence-corrected chi connectivity index (χ4v) is 2.65. The number of anilines is 1. The molecule has 10 heteroatoms. The number of nitrogen functional groups attached to an aromatic ring is 1. The fourth-order valence-electron chi connectivity index (χ4n) is 2.65. The molecule has 2 amide bonds. The highest BCUT2D eigenvalue weighted by molar-refractivity contribution is 6.23. The monoisotopic (exact) mass is 323 g/mol. The zero-order valence-corrected chi connectivity index (χ0v) is 12.0. The average molecular weight is 323 g/mol. The van der Waals surface area contributed by atoms with E-state index in [9.17, 15) is 14.4 Å². The number of nitrogens with one attached hydrogen (secondary N) is 1. The smallest absolute Gasteiger partial charge is 0.262 e. The largest absolute Gasteiger partial charge is 0.384 e. The third-order valence-corrected chi connectivity index (χ3v) is 3.67. The van der Waals surface area contributed by atoms with Gasteiger partial charge in [-0.05, 0) is 22.6 Å². The Hall–Kier alpha value is -3.82. The molecule has 0 saturated carbocycles. The lowest BCUT2D eigenvalue weighted by atomic mass is 10.1. The number of carbonyl (C=O) groups excluding carboxylic acids is 2. The van der Waals surface area contributed by atoms with E-state index in [1.54, 1.807) is 24.3 Å². The Labute approximate surface area is 133 Å². The summed E-state index contributed by atoms with van der Waals surface area (Å²) in [6, 6.07) is 7.85. The summed E-state index contributed by atoms with van der Waals surface area (Å²) in [5, 5.41) is 13.0. The quantitative estimate of drug-likeness (QED) is 0.593. The highest BCUT2D eigenvalue weighted by atomic mass is 16.2. The molecule has 2 aromatic heterocycles. The number of carbonyl (C=O) groups is 2. The van der Waals surface area contributed by atoms with Gasteiger partial charge < -0.3 is 5.73 Å². The van der Waals surface area contributed by atoms with Gasteiger partial charge in [-0.2, -0.15) is 4.68 Å². The van der Waals surface area contributed by atoms with Gasteiger partial charge in [0.25, 0.3) is 17.4 Å². The van der Waals surface area contributed by atoms with E-state index in [1.165, 1.54) is 11.0 Å². The number of hydrogen-bond acceptors (Lipinski definition) is 7. The molecule has 0 fully saturated rings. The predicted molar refractivity (Wildman–Crippen MR) is 81.0 cm³/mol. The number of fused-ring (bicyclic) bond motifs is 1. The van der Waals surface area contributed by atoms with Crippen LogP contribution in [0.15, 0.2) is 41.5 Å². The molecule has 0 aliphatic carbocycles. The lowest BCUT2D eigenvalue weighted by Crippen LogP contribution is -2.25. The van der Waals surface area contributed by atoms with Crippen molar-refractivity contribution in [3.05, 3.63) is 58.1 Å². The van der Waals surface area contributed by atoms with Crippen molar-refractivity contribution in [1.82, 2.24) is 30.1 Å². The van der Waals surface area contributed by atoms with Crippen molar-refractivity contribution < 1.29 is 9.59 Å². The van der Waals surface area contributed by atoms with Crippen LogP contribution in [0.3, 0.4) is 0 Å². The molecular weight excluding hydrogens is 314 g/mol. The third-order valence-electron chi connectivity index (χ3n) is 3.67. The van der Waals surface area contributed by atoms with Gasteiger partial charge in [0.1, 0.15) is 12.1 Å². The van der Waals surface area contributed by atoms with E-state index in [2.05, 4.69) is 20.8 Å². The van der Waals surface area contributed by atoms with Crippen LogP contribution in [0.4, 0.5) is 5.82 Å². The maximum absolute atomic E-state index is 12.5. The van der Waals surface area contributed by atoms with Crippen molar-refractivity contribution in [3.8, 4) is 11.4 Å². The number of nitrogens with two attached hydrogens (primary N) is 1. The number of nitrogens with zero attached hydrogens (tertiary/aromatic N) is 5. The van der Waals surface area contributed by atoms with Crippen molar-refractivity contribution in [3.63, 3.8) is 0 Å². The lowest BCUT2D eigenvalue weighted by molar-refractivity contribution is 0.0880. The highest BCUT2D eigenvalue weighted by Crippen LogP contribution is 2.25. The summed E-state index contributed by atoms with van der Waals surface area (Å²) in [6.07, 6.45) is 1.36. The average Bonchev–Trinajstić information content (AvgIpc) is 3.17. The van der Waals surface area contributed by atoms with E-state index in [0.717, 1.165) is 10.6 Å². The zero-order valence-electron chi connectivity index (χ0n) is 12.0. The van der Waals surface area contributed by atoms with Gasteiger partial charge in [-0.1, -0.05) is 12.1 Å². The van der Waals surface area contributed by atoms with Crippen LogP contribution in [0.5, 0.6) is 0 Å². The number of rotatable bonds is 2. The Bertz CT molecular complexity index is 1050. The summed E-state index contributed by atoms with van der Waals surface area (Å²) in [4.78, 5) is 36.2. The molecule has 1 aliphatic rings. The molecule has 3 aromatic rings. The number of para-hydroxylation sites is 2. The topological polar surface area (TPSA) is 138 Å². The van der Waals surface area contributed by atoms with Crippen LogP contribution in [0.1, 0.15) is 20.7 Å². The summed E-state index contributed by atoms with van der Waals surface area (Å²) < 4.78 is 2.51. The van der Waals surface area contributed by atoms with E-state index in [1.807, 2.05) is 0 Å². The molecule has 3 N–H and O–H groups in total. The van der Waals surface area contributed by atoms with Crippen molar-refractivity contribution in [2.45, 2.75) is 0 Å². The second kappa shape index (κ2) is 4.84. The Balaban J connectivity index is 2.04. The predicted octanol–water partition coefficient (Wildman–Crippen LogP) is -0.721. The lowest BCUT2D eigenvalue weighted by Gasteiger charge is -2.14. The molecular formula is C14H9N7O3. The molecule has 0 spiro atoms. The second-order valence-electron chi connectivity index (χ2n) is 5.02. The van der Waals surface area contributed by atoms with Gasteiger partial charge in [-0.3, -0.25) is 24.3 Å². The zero-order chi connectivity index (χ0) is 16.8. The van der Waals surface area contributed by atoms with Gasteiger partial charge in [-0.25, -0.2) is 0 Å². The molecule has 0 saturated heterocycles. The molecule has 0 bridgehead atoms. The minimum absolute atomic E-state index is 0.0221. The number of aromatic nitrogens is 5. The number of amides is 2. The van der Waals surface area contributed by atoms with Gasteiger partial charge in [0, 0.05) is 6.07 Å². The summed E-state index contributed by atoms with van der Waals surface area (Å²) in [5.41, 5.74) is 6.30. The van der Waals surface area contributed by atoms with E-state index in [4.69, 9.17) is 5.73 Å². The number of hydrogen-bond donors (Lipinski definition) is 2. The third kappa shape index (κ3) is 1.83. The van der Waals surface area contributed by atoms with Gasteiger partial charge in [0.15, 0.2) is 0 Å². The van der Waals surface area contributed by atoms with Crippen molar-refractivity contribution in [1.29, 1.82) is 0 Å². The van der Waals surface area contributed by atoms with Gasteiger partial charge >= 0.3 is 0 Å². The molecule has 10 nitrogen and oxygen atoms in total. The molecule has 3 heterocycles. The fraction of sp³-hybridized carbons (Fsp3) is 0. The van der Waals surface area contributed by atoms with Crippen LogP contribution < -0.4 is 16.6 Å². The molecule has 4 rings (SSSR count). The standard InChI is InChI=1S/C14H9N7O3/c15-12-11-7(13(23)17-14(11)24)5-10(22)21(12)9-4-2-1-3-8(9)20-6-16-18-19-20/h1-6H,15H2,(H,17,23,24). The Morgan fingerprint density at radius 3 is 2.50 bits per heavy atom. The number of imide groups is 1. The second-order valence-corrected chi connectivity index (χ2v) is 5.02. The summed E-state index contributed by atoms with van der Waals surface area (Å²) >= 11 is 0. The van der Waals surface area contributed by atoms with Crippen LogP contribution >= 0.6 is 0 Å². The van der Waals surface area contributed by atoms with Crippen LogP contribution in [-0.4, -0.2) is 36.6 Å². The Morgan fingerprint density at radius 1 is 1.04 bits per heavy atom. The first-order valence-corrected chi connectivity index (χ1v) is 6.82. The van der Waals surface area contributed by atoms with Gasteiger partial charge in [0.05, 0.1) is 22.5 Å². The normalized spacial score (nSPS) is 13.0. The minimum atomic E-state index is -0.639. The Kier molecular flexibility index (Phi) is 2.79. The van der Waals surface area contributed by atoms with Crippen molar-refractivity contribution in [2.75, 3.05) is 5.73 Å². The van der Waals surface area contributed by atoms with Crippen LogP contribution in [0.2, 0.25) is 0 Å². The highest BCUT2D eigenvalue weighted by Gasteiger charge is 2.32. The maximum Gasteiger partial charge on any atom is 0.262 e. The SMILES string of the molecule is Nc1c2c(cc(=O)n1-c1ccccc1-n1cnnn1)C(=O)NC2=O. The molecule has 0 atom stereocenters. The van der Waals surface area contributed by atoms with Gasteiger partial charge in [-0.15, -0.1) is 5.10 Å². The number of benzene rings is 1. The summed E-state index contributed by atoms with van der Waals surface area (Å²) in [6.45, 7) is 0. The first-order valence-electron chi connectivity index (χ1n) is 6.82. The summed E-state index contributed by atoms with van der Waals surface area (Å²) in [7, 11) is 0. The molecule has 24 heavy (non-hydrogen) atoms. The van der Waals surface area contributed by atoms with Crippen LogP contribution in [-0.2, 0) is 0 Å². The first-order chi connectivity index (χ1) is 11.6. The van der Waals surface area contributed by atoms with Crippen LogP contribution in [0.25, 0.3) is 11.4 Å². The molecule has 1 aromatic carbocycles. The molecule has 1 aliphatic heterocycles.